The molecule has 0 atom stereocenters. The van der Waals surface area contributed by atoms with Crippen LogP contribution in [0.4, 0.5) is 0 Å². The first-order chi connectivity index (χ1) is 7.13. The molecule has 1 rings (SSSR count). The number of nitrogens with zero attached hydrogens (tertiary/aromatic N) is 1. The van der Waals surface area contributed by atoms with Crippen LogP contribution in [0.5, 0.6) is 5.75 Å². The summed E-state index contributed by atoms with van der Waals surface area (Å²) in [5, 5.41) is 0. The fourth-order valence-corrected chi connectivity index (χ4v) is 1.39. The van der Waals surface area contributed by atoms with Crippen LogP contribution < -0.4 is 4.74 Å². The number of benzene rings is 1. The van der Waals surface area contributed by atoms with E-state index in [1.54, 1.807) is 6.07 Å². The number of halogens is 1. The van der Waals surface area contributed by atoms with Gasteiger partial charge in [-0.3, -0.25) is 4.79 Å². The van der Waals surface area contributed by atoms with Gasteiger partial charge in [-0.2, -0.15) is 0 Å². The average Bonchev–Trinajstić information content (AvgIpc) is 2.20. The Hall–Kier alpha value is -0.870. The molecule has 0 amide bonds. The van der Waals surface area contributed by atoms with Crippen LogP contribution in [0.25, 0.3) is 0 Å². The maximum absolute atomic E-state index is 10.7. The lowest BCUT2D eigenvalue weighted by Gasteiger charge is -2.11. The highest BCUT2D eigenvalue weighted by atomic mass is 79.9. The average molecular weight is 272 g/mol. The van der Waals surface area contributed by atoms with E-state index in [0.29, 0.717) is 12.2 Å². The molecule has 15 heavy (non-hydrogen) atoms. The van der Waals surface area contributed by atoms with Crippen LogP contribution in [0.3, 0.4) is 0 Å². The number of aldehydes is 1. The molecule has 3 nitrogen and oxygen atoms in total. The molecule has 0 aromatic heterocycles. The minimum absolute atomic E-state index is 0.609. The second-order valence-corrected chi connectivity index (χ2v) is 4.31. The van der Waals surface area contributed by atoms with E-state index in [0.717, 1.165) is 23.1 Å². The molecule has 0 bridgehead atoms. The topological polar surface area (TPSA) is 29.5 Å². The Kier molecular flexibility index (Phi) is 4.78. The lowest BCUT2D eigenvalue weighted by molar-refractivity contribution is 0.112. The summed E-state index contributed by atoms with van der Waals surface area (Å²) in [6, 6.07) is 5.38. The number of likely N-dealkylation sites (N-methyl/N-ethyl adjacent to an activating group) is 1. The molecule has 0 radical (unpaired) electrons. The predicted molar refractivity (Wildman–Crippen MR) is 63.6 cm³/mol. The van der Waals surface area contributed by atoms with Crippen LogP contribution in [0.2, 0.25) is 0 Å². The van der Waals surface area contributed by atoms with Crippen LogP contribution in [0.15, 0.2) is 22.7 Å². The molecule has 0 aliphatic rings. The van der Waals surface area contributed by atoms with Crippen LogP contribution in [-0.2, 0) is 0 Å². The van der Waals surface area contributed by atoms with Gasteiger partial charge in [0.25, 0.3) is 0 Å². The molecular weight excluding hydrogens is 258 g/mol. The van der Waals surface area contributed by atoms with Gasteiger partial charge >= 0.3 is 0 Å². The van der Waals surface area contributed by atoms with E-state index >= 15 is 0 Å². The van der Waals surface area contributed by atoms with Gasteiger partial charge in [0.1, 0.15) is 12.4 Å². The van der Waals surface area contributed by atoms with E-state index in [1.165, 1.54) is 0 Å². The van der Waals surface area contributed by atoms with Crippen LogP contribution in [0.1, 0.15) is 10.4 Å². The summed E-state index contributed by atoms with van der Waals surface area (Å²) in [7, 11) is 3.98. The van der Waals surface area contributed by atoms with E-state index in [4.69, 9.17) is 4.74 Å². The lowest BCUT2D eigenvalue weighted by Crippen LogP contribution is -2.19. The summed E-state index contributed by atoms with van der Waals surface area (Å²) in [4.78, 5) is 12.7. The molecule has 0 N–H and O–H groups in total. The minimum atomic E-state index is 0.609. The molecule has 4 heteroatoms. The summed E-state index contributed by atoms with van der Waals surface area (Å²) >= 11 is 3.29. The number of hydrogen-bond acceptors (Lipinski definition) is 3. The molecule has 0 saturated heterocycles. The molecule has 0 unspecified atom stereocenters. The van der Waals surface area contributed by atoms with Crippen molar-refractivity contribution in [3.63, 3.8) is 0 Å². The fourth-order valence-electron chi connectivity index (χ4n) is 1.05. The van der Waals surface area contributed by atoms with Crippen molar-refractivity contribution in [3.8, 4) is 5.75 Å². The van der Waals surface area contributed by atoms with Gasteiger partial charge in [0.2, 0.25) is 0 Å². The van der Waals surface area contributed by atoms with Crippen molar-refractivity contribution in [1.29, 1.82) is 0 Å². The third-order valence-corrected chi connectivity index (χ3v) is 2.62. The summed E-state index contributed by atoms with van der Waals surface area (Å²) in [5.74, 6) is 0.724. The first-order valence-corrected chi connectivity index (χ1v) is 5.45. The first-order valence-electron chi connectivity index (χ1n) is 4.65. The smallest absolute Gasteiger partial charge is 0.151 e. The number of ether oxygens (including phenoxy) is 1. The van der Waals surface area contributed by atoms with Crippen LogP contribution in [0, 0.1) is 0 Å². The minimum Gasteiger partial charge on any atom is -0.492 e. The Labute approximate surface area is 98.2 Å². The van der Waals surface area contributed by atoms with Crippen molar-refractivity contribution in [2.24, 2.45) is 0 Å². The summed E-state index contributed by atoms with van der Waals surface area (Å²) < 4.78 is 6.28. The van der Waals surface area contributed by atoms with Gasteiger partial charge in [-0.15, -0.1) is 0 Å². The summed E-state index contributed by atoms with van der Waals surface area (Å²) in [6.45, 7) is 1.47. The van der Waals surface area contributed by atoms with E-state index in [1.807, 2.05) is 31.1 Å². The third-order valence-electron chi connectivity index (χ3n) is 1.90. The Morgan fingerprint density at radius 3 is 2.80 bits per heavy atom. The molecule has 0 fully saturated rings. The zero-order chi connectivity index (χ0) is 11.3. The van der Waals surface area contributed by atoms with Gasteiger partial charge < -0.3 is 9.64 Å². The Morgan fingerprint density at radius 1 is 1.47 bits per heavy atom. The third kappa shape index (κ3) is 4.01. The van der Waals surface area contributed by atoms with E-state index < -0.39 is 0 Å². The van der Waals surface area contributed by atoms with Crippen LogP contribution in [-0.4, -0.2) is 38.4 Å². The molecular formula is C11H14BrNO2. The summed E-state index contributed by atoms with van der Waals surface area (Å²) in [5.41, 5.74) is 0.609. The van der Waals surface area contributed by atoms with Crippen molar-refractivity contribution in [2.45, 2.75) is 0 Å². The Balaban J connectivity index is 2.58. The normalized spacial score (nSPS) is 10.4. The van der Waals surface area contributed by atoms with Crippen molar-refractivity contribution in [3.05, 3.63) is 28.2 Å². The molecule has 82 valence electrons. The summed E-state index contributed by atoms with van der Waals surface area (Å²) in [6.07, 6.45) is 0.808. The quantitative estimate of drug-likeness (QED) is 0.770. The van der Waals surface area contributed by atoms with E-state index in [-0.39, 0.29) is 0 Å². The first kappa shape index (κ1) is 12.2. The maximum Gasteiger partial charge on any atom is 0.151 e. The predicted octanol–water partition coefficient (Wildman–Crippen LogP) is 2.20. The number of hydrogen-bond donors (Lipinski definition) is 0. The fraction of sp³-hybridized carbons (Fsp3) is 0.364. The SMILES string of the molecule is CN(C)CCOc1ccc(Br)c(C=O)c1. The number of rotatable bonds is 5. The molecule has 0 aliphatic carbocycles. The Bertz CT molecular complexity index is 339. The number of carbonyl (C=O) groups is 1. The zero-order valence-electron chi connectivity index (χ0n) is 8.87. The highest BCUT2D eigenvalue weighted by Gasteiger charge is 2.01. The molecule has 0 heterocycles. The van der Waals surface area contributed by atoms with Gasteiger partial charge in [-0.1, -0.05) is 15.9 Å². The van der Waals surface area contributed by atoms with Crippen molar-refractivity contribution < 1.29 is 9.53 Å². The zero-order valence-corrected chi connectivity index (χ0v) is 10.5. The van der Waals surface area contributed by atoms with Gasteiger partial charge in [0.15, 0.2) is 6.29 Å². The van der Waals surface area contributed by atoms with Crippen molar-refractivity contribution in [1.82, 2.24) is 4.90 Å². The molecule has 0 spiro atoms. The highest BCUT2D eigenvalue weighted by molar-refractivity contribution is 9.10. The largest absolute Gasteiger partial charge is 0.492 e. The van der Waals surface area contributed by atoms with Gasteiger partial charge in [-0.05, 0) is 32.3 Å². The van der Waals surface area contributed by atoms with Crippen molar-refractivity contribution >= 4 is 22.2 Å². The van der Waals surface area contributed by atoms with Gasteiger partial charge in [0, 0.05) is 16.6 Å². The molecule has 0 saturated carbocycles. The highest BCUT2D eigenvalue weighted by Crippen LogP contribution is 2.20. The number of carbonyl (C=O) groups excluding carboxylic acids is 1. The van der Waals surface area contributed by atoms with Crippen LogP contribution >= 0.6 is 15.9 Å². The van der Waals surface area contributed by atoms with Gasteiger partial charge in [0.05, 0.1) is 0 Å². The standard InChI is InChI=1S/C11H14BrNO2/c1-13(2)5-6-15-10-3-4-11(12)9(7-10)8-14/h3-4,7-8H,5-6H2,1-2H3. The Morgan fingerprint density at radius 2 is 2.20 bits per heavy atom. The van der Waals surface area contributed by atoms with Crippen molar-refractivity contribution in [2.75, 3.05) is 27.2 Å². The monoisotopic (exact) mass is 271 g/mol. The van der Waals surface area contributed by atoms with Gasteiger partial charge in [-0.25, -0.2) is 0 Å². The second-order valence-electron chi connectivity index (χ2n) is 3.45. The molecule has 1 aromatic carbocycles. The molecule has 0 aliphatic heterocycles. The second kappa shape index (κ2) is 5.88. The lowest BCUT2D eigenvalue weighted by atomic mass is 10.2. The van der Waals surface area contributed by atoms with E-state index in [2.05, 4.69) is 15.9 Å². The molecule has 1 aromatic rings. The van der Waals surface area contributed by atoms with E-state index in [9.17, 15) is 4.79 Å². The maximum atomic E-state index is 10.7.